The average Bonchev–Trinajstić information content (AvgIpc) is 1.58. The molecule has 0 N–H and O–H groups in total. The Balaban J connectivity index is 0.000000122. The van der Waals surface area contributed by atoms with Gasteiger partial charge in [-0.25, -0.2) is 57.5 Å². The van der Waals surface area contributed by atoms with Crippen molar-refractivity contribution in [3.63, 3.8) is 0 Å². The highest BCUT2D eigenvalue weighted by molar-refractivity contribution is 7.13. The molecule has 148 heavy (non-hydrogen) atoms. The summed E-state index contributed by atoms with van der Waals surface area (Å²) in [5.41, 5.74) is 29.5. The van der Waals surface area contributed by atoms with Crippen LogP contribution in [0.5, 0.6) is 0 Å². The Bertz CT molecular complexity index is 8290. The van der Waals surface area contributed by atoms with Gasteiger partial charge in [0.2, 0.25) is 22.9 Å². The SMILES string of the molecule is Cc1ccc2c(n1)oc1ccc(C)c(C(C)(C)N3C=CN(c4n(-c5c(C(C)C)cccc5C(C)C)c5ccccc5[n+]4C)[C@H]3C)c12.Cc1ccc2c(n1)oc1ccc(C)c(C(C)(C)N3C=CN(c4n(-c5c(C(C)C)cccc5C(C)C)cc[n+]4C)[C@H]3C)c12.Cc1ccc2c(n1)oc1ccc(C)c(C(C)(C)N3C=CN(c4occ[n+]4C)[C@H]3C)c12.Cc1ccc2c(n1)oc1ccc(C)c(C(C)(C)N3C=CN(c4scc[n+]4C)[C@H]3C)c12. The maximum absolute atomic E-state index is 6.31. The minimum Gasteiger partial charge on any atom is -0.438 e. The number of aryl methyl sites for hydroxylation is 12. The number of nitrogens with zero attached hydrogens (tertiary/aromatic N) is 18. The van der Waals surface area contributed by atoms with Crippen molar-refractivity contribution in [3.05, 3.63) is 333 Å². The number of furan rings is 4. The Morgan fingerprint density at radius 3 is 1.03 bits per heavy atom. The second kappa shape index (κ2) is 37.9. The molecule has 4 atom stereocenters. The molecule has 4 aliphatic rings. The number of pyridine rings is 4. The minimum absolute atomic E-state index is 0.0335. The summed E-state index contributed by atoms with van der Waals surface area (Å²) in [6.45, 7) is 62.7. The molecule has 7 aromatic carbocycles. The number of fused-ring (bicyclic) bond motifs is 13. The van der Waals surface area contributed by atoms with Gasteiger partial charge < -0.3 is 41.7 Å². The molecule has 0 fully saturated rings. The van der Waals surface area contributed by atoms with Crippen LogP contribution in [-0.4, -0.2) is 73.3 Å². The summed E-state index contributed by atoms with van der Waals surface area (Å²) in [7, 11) is 8.43. The van der Waals surface area contributed by atoms with E-state index in [2.05, 4.69) is 485 Å². The molecule has 762 valence electrons. The van der Waals surface area contributed by atoms with Gasteiger partial charge in [0.15, 0.2) is 24.7 Å². The van der Waals surface area contributed by atoms with Gasteiger partial charge in [0, 0.05) is 96.0 Å². The summed E-state index contributed by atoms with van der Waals surface area (Å²) in [6.07, 6.45) is 28.2. The summed E-state index contributed by atoms with van der Waals surface area (Å²) in [6, 6.07) is 57.0. The number of benzene rings is 7. The van der Waals surface area contributed by atoms with E-state index in [0.717, 1.165) is 101 Å². The van der Waals surface area contributed by atoms with Crippen molar-refractivity contribution in [2.45, 2.75) is 264 Å². The fourth-order valence-corrected chi connectivity index (χ4v) is 25.5. The number of anilines is 4. The number of oxazole rings is 1. The van der Waals surface area contributed by atoms with Crippen LogP contribution in [0.3, 0.4) is 0 Å². The maximum atomic E-state index is 6.31. The fourth-order valence-electron chi connectivity index (χ4n) is 24.6. The number of thiazole rings is 1. The number of hydrogen-bond acceptors (Lipinski definition) is 18. The first-order valence-electron chi connectivity index (χ1n) is 52.3. The predicted octanol–water partition coefficient (Wildman–Crippen LogP) is 28.1. The van der Waals surface area contributed by atoms with Crippen LogP contribution in [0, 0.1) is 55.4 Å². The molecule has 23 rings (SSSR count). The van der Waals surface area contributed by atoms with Crippen LogP contribution >= 0.6 is 11.3 Å². The summed E-state index contributed by atoms with van der Waals surface area (Å²) < 4.78 is 44.3. The van der Waals surface area contributed by atoms with Crippen molar-refractivity contribution in [2.75, 3.05) is 19.6 Å². The third-order valence-electron chi connectivity index (χ3n) is 31.7. The van der Waals surface area contributed by atoms with Crippen LogP contribution < -0.4 is 37.9 Å². The van der Waals surface area contributed by atoms with Gasteiger partial charge in [0.25, 0.3) is 0 Å². The number of aromatic nitrogens is 10. The first-order valence-corrected chi connectivity index (χ1v) is 53.2. The highest BCUT2D eigenvalue weighted by atomic mass is 32.1. The first kappa shape index (κ1) is 101. The van der Waals surface area contributed by atoms with Crippen molar-refractivity contribution < 1.29 is 40.4 Å². The topological polar surface area (TPSA) is 169 Å². The third kappa shape index (κ3) is 16.7. The van der Waals surface area contributed by atoms with E-state index in [0.29, 0.717) is 46.5 Å². The molecule has 23 nitrogen and oxygen atoms in total. The normalized spacial score (nSPS) is 16.3. The van der Waals surface area contributed by atoms with Gasteiger partial charge in [-0.1, -0.05) is 140 Å². The fraction of sp³-hybridized carbons (Fsp3) is 0.355. The lowest BCUT2D eigenvalue weighted by atomic mass is 9.85. The Kier molecular flexibility index (Phi) is 25.7. The molecule has 16 heterocycles. The van der Waals surface area contributed by atoms with E-state index in [1.54, 1.807) is 17.6 Å². The molecular formula is C124H144N18O5S+4. The second-order valence-electron chi connectivity index (χ2n) is 44.4. The highest BCUT2D eigenvalue weighted by Gasteiger charge is 2.50. The Morgan fingerprint density at radius 2 is 0.676 bits per heavy atom. The number of hydrogen-bond donors (Lipinski definition) is 0. The Morgan fingerprint density at radius 1 is 0.338 bits per heavy atom. The number of rotatable bonds is 18. The second-order valence-corrected chi connectivity index (χ2v) is 45.3. The largest absolute Gasteiger partial charge is 0.462 e. The molecule has 24 heteroatoms. The van der Waals surface area contributed by atoms with Crippen molar-refractivity contribution >= 4 is 134 Å². The van der Waals surface area contributed by atoms with Gasteiger partial charge >= 0.3 is 23.0 Å². The van der Waals surface area contributed by atoms with E-state index >= 15 is 0 Å². The molecular weight excluding hydrogens is 1850 g/mol. The monoisotopic (exact) mass is 2000 g/mol. The molecule has 4 aliphatic heterocycles. The molecule has 0 unspecified atom stereocenters. The van der Waals surface area contributed by atoms with Gasteiger partial charge in [-0.05, 0) is 314 Å². The number of imidazole rings is 2. The molecule has 0 radical (unpaired) electrons. The zero-order valence-electron chi connectivity index (χ0n) is 92.2. The van der Waals surface area contributed by atoms with E-state index in [4.69, 9.17) is 32.1 Å². The third-order valence-corrected chi connectivity index (χ3v) is 32.7. The summed E-state index contributed by atoms with van der Waals surface area (Å²) in [5.74, 6) is 3.85. The molecule has 0 saturated carbocycles. The molecule has 0 bridgehead atoms. The van der Waals surface area contributed by atoms with Gasteiger partial charge in [-0.15, -0.1) is 0 Å². The van der Waals surface area contributed by atoms with Gasteiger partial charge in [-0.2, -0.15) is 9.47 Å². The van der Waals surface area contributed by atoms with E-state index in [1.807, 2.05) is 51.6 Å². The van der Waals surface area contributed by atoms with Crippen LogP contribution in [0.25, 0.3) is 111 Å². The summed E-state index contributed by atoms with van der Waals surface area (Å²) in [5, 5.41) is 12.3. The smallest absolute Gasteiger partial charge is 0.438 e. The maximum Gasteiger partial charge on any atom is 0.462 e. The minimum atomic E-state index is -0.357. The van der Waals surface area contributed by atoms with Gasteiger partial charge in [0.05, 0.1) is 68.9 Å². The van der Waals surface area contributed by atoms with Gasteiger partial charge in [0.1, 0.15) is 82.0 Å². The van der Waals surface area contributed by atoms with Crippen molar-refractivity contribution in [1.29, 1.82) is 0 Å². The van der Waals surface area contributed by atoms with Crippen LogP contribution in [-0.2, 0) is 50.3 Å². The van der Waals surface area contributed by atoms with Crippen molar-refractivity contribution in [2.24, 2.45) is 28.2 Å². The number of para-hydroxylation sites is 4. The quantitative estimate of drug-likeness (QED) is 0.0743. The summed E-state index contributed by atoms with van der Waals surface area (Å²) in [4.78, 5) is 37.8. The van der Waals surface area contributed by atoms with Crippen molar-refractivity contribution in [3.8, 4) is 11.4 Å². The lowest BCUT2D eigenvalue weighted by molar-refractivity contribution is -0.660. The molecule has 0 amide bonds. The molecule has 0 saturated heterocycles. The molecule has 0 aliphatic carbocycles. The van der Waals surface area contributed by atoms with Crippen LogP contribution in [0.2, 0.25) is 0 Å². The van der Waals surface area contributed by atoms with Crippen LogP contribution in [0.1, 0.15) is 252 Å². The Labute approximate surface area is 873 Å². The Hall–Kier alpha value is -14.8. The van der Waals surface area contributed by atoms with E-state index in [1.165, 1.54) is 99.7 Å². The van der Waals surface area contributed by atoms with Crippen LogP contribution in [0.4, 0.5) is 23.0 Å². The molecule has 12 aromatic heterocycles. The standard InChI is InChI=1S/C40H46N5O.C36H44N5O.C24H27N4O2.C24H27N4OS/c1-24(2)29-14-13-15-30(25(3)4)37(29)45-33-17-12-11-16-32(33)42(10)39(45)43-22-23-44(28(43)7)40(8,9)36-26(5)18-21-34-35(36)31-20-19-27(6)41-38(31)46-34;1-22(2)27-12-11-13-28(23(3)4)33(27)40-19-18-38(10)35(40)39-20-21-41(26(39)7)36(8,9)32-24(5)14-17-30-31(32)29-16-15-25(6)37-34(29)42-30;1-15-7-10-19-20(18-9-8-16(2)25-22(18)30-19)21(15)24(4,5)28-12-11-27(17(28)3)23-26(6)13-14-29-23;1-15-7-10-19-20(18-9-8-16(2)25-22(18)29-19)21(15)24(4,5)28-12-11-27(17(28)3)23-26(6)13-14-30-23/h11-25,28H,1-10H3;11-23,26H,1-10H3;2*7-14,17H,1-6H3/q4*+1/t28-;26-;2*17-/m1111/s1. The molecule has 0 spiro atoms. The van der Waals surface area contributed by atoms with Gasteiger partial charge in [-0.3, -0.25) is 0 Å². The van der Waals surface area contributed by atoms with E-state index in [-0.39, 0.29) is 46.8 Å². The zero-order valence-corrected chi connectivity index (χ0v) is 93.0. The van der Waals surface area contributed by atoms with Crippen molar-refractivity contribution in [1.82, 2.24) is 48.7 Å². The first-order chi connectivity index (χ1) is 70.4. The average molecular weight is 2000 g/mol. The lowest BCUT2D eigenvalue weighted by Gasteiger charge is -2.41. The zero-order chi connectivity index (χ0) is 105. The van der Waals surface area contributed by atoms with Crippen LogP contribution in [0.15, 0.2) is 266 Å². The summed E-state index contributed by atoms with van der Waals surface area (Å²) >= 11 is 1.76. The lowest BCUT2D eigenvalue weighted by Crippen LogP contribution is -2.49. The van der Waals surface area contributed by atoms with E-state index in [9.17, 15) is 0 Å². The van der Waals surface area contributed by atoms with E-state index < -0.39 is 0 Å². The predicted molar refractivity (Wildman–Crippen MR) is 601 cm³/mol. The molecule has 19 aromatic rings. The highest BCUT2D eigenvalue weighted by Crippen LogP contribution is 2.51.